The minimum atomic E-state index is -0.482. The van der Waals surface area contributed by atoms with Crippen molar-refractivity contribution in [1.29, 1.82) is 0 Å². The summed E-state index contributed by atoms with van der Waals surface area (Å²) in [5, 5.41) is 6.92. The van der Waals surface area contributed by atoms with Crippen molar-refractivity contribution in [3.05, 3.63) is 84.4 Å². The number of amides is 3. The van der Waals surface area contributed by atoms with Crippen LogP contribution in [-0.4, -0.2) is 184 Å². The zero-order valence-corrected chi connectivity index (χ0v) is 45.2. The summed E-state index contributed by atoms with van der Waals surface area (Å²) in [6.07, 6.45) is 4.94. The molecule has 0 bridgehead atoms. The maximum atomic E-state index is 11.8. The van der Waals surface area contributed by atoms with Crippen molar-refractivity contribution in [2.75, 3.05) is 105 Å². The molecule has 6 heterocycles. The second kappa shape index (κ2) is 33.5. The summed E-state index contributed by atoms with van der Waals surface area (Å²) < 4.78 is 25.3. The number of nitrogens with zero attached hydrogens (tertiary/aromatic N) is 5. The highest BCUT2D eigenvalue weighted by Crippen LogP contribution is 2.33. The predicted octanol–water partition coefficient (Wildman–Crippen LogP) is 6.64. The van der Waals surface area contributed by atoms with Crippen LogP contribution in [-0.2, 0) is 41.6 Å². The Balaban J connectivity index is 0.000000243. The maximum absolute atomic E-state index is 11.8. The number of carbonyl (C=O) groups is 4. The number of rotatable bonds is 15. The van der Waals surface area contributed by atoms with Gasteiger partial charge in [0.1, 0.15) is 11.9 Å². The summed E-state index contributed by atoms with van der Waals surface area (Å²) in [4.78, 5) is 54.8. The normalized spacial score (nSPS) is 22.7. The lowest BCUT2D eigenvalue weighted by atomic mass is 10.0. The second-order valence-corrected chi connectivity index (χ2v) is 19.5. The van der Waals surface area contributed by atoms with Gasteiger partial charge in [-0.2, -0.15) is 0 Å². The van der Waals surface area contributed by atoms with Gasteiger partial charge in [-0.3, -0.25) is 14.7 Å². The van der Waals surface area contributed by atoms with Gasteiger partial charge < -0.3 is 54.6 Å². The molecule has 6 fully saturated rings. The van der Waals surface area contributed by atoms with Crippen LogP contribution in [0, 0.1) is 17.8 Å². The predicted molar refractivity (Wildman–Crippen MR) is 285 cm³/mol. The number of fused-ring (bicyclic) bond motifs is 3. The van der Waals surface area contributed by atoms with Gasteiger partial charge in [0.05, 0.1) is 19.8 Å². The molecule has 2 aromatic carbocycles. The number of ether oxygens (including phenoxy) is 5. The Hall–Kier alpha value is -4.33. The van der Waals surface area contributed by atoms with Gasteiger partial charge in [0.2, 0.25) is 0 Å². The molecule has 6 aliphatic rings. The summed E-state index contributed by atoms with van der Waals surface area (Å²) in [6, 6.07) is 23.2. The maximum Gasteiger partial charge on any atom is 0.410 e. The number of carbonyl (C=O) groups excluding carboxylic acids is 4. The second-order valence-electron chi connectivity index (χ2n) is 19.5. The van der Waals surface area contributed by atoms with E-state index in [-0.39, 0.29) is 43.0 Å². The third kappa shape index (κ3) is 20.9. The van der Waals surface area contributed by atoms with Gasteiger partial charge in [-0.1, -0.05) is 66.7 Å². The minimum absolute atomic E-state index is 0. The number of hydrogen-bond acceptors (Lipinski definition) is 14. The van der Waals surface area contributed by atoms with Crippen LogP contribution in [0.2, 0.25) is 0 Å². The molecule has 2 aromatic rings. The van der Waals surface area contributed by atoms with E-state index in [4.69, 9.17) is 24.7 Å². The average molecular weight is 1030 g/mol. The number of halogens is 1. The van der Waals surface area contributed by atoms with Crippen molar-refractivity contribution in [1.82, 2.24) is 35.1 Å². The van der Waals surface area contributed by atoms with Crippen molar-refractivity contribution in [2.24, 2.45) is 23.5 Å². The van der Waals surface area contributed by atoms with Crippen molar-refractivity contribution in [3.8, 4) is 0 Å². The first-order valence-corrected chi connectivity index (χ1v) is 26.1. The molecule has 0 radical (unpaired) electrons. The smallest absolute Gasteiger partial charge is 0.410 e. The molecule has 72 heavy (non-hydrogen) atoms. The Morgan fingerprint density at radius 3 is 1.83 bits per heavy atom. The Morgan fingerprint density at radius 2 is 1.31 bits per heavy atom. The van der Waals surface area contributed by atoms with Gasteiger partial charge in [0, 0.05) is 90.2 Å². The number of hydrogen-bond donors (Lipinski definition) is 3. The Morgan fingerprint density at radius 1 is 0.736 bits per heavy atom. The van der Waals surface area contributed by atoms with Gasteiger partial charge in [-0.25, -0.2) is 14.4 Å². The van der Waals surface area contributed by atoms with E-state index < -0.39 is 6.09 Å². The lowest BCUT2D eigenvalue weighted by Gasteiger charge is -2.24. The summed E-state index contributed by atoms with van der Waals surface area (Å²) in [5.41, 5.74) is 7.71. The third-order valence-electron chi connectivity index (χ3n) is 13.3. The highest BCUT2D eigenvalue weighted by atomic mass is 35.5. The van der Waals surface area contributed by atoms with E-state index in [1.54, 1.807) is 13.0 Å². The van der Waals surface area contributed by atoms with E-state index in [0.717, 1.165) is 64.3 Å². The van der Waals surface area contributed by atoms with Crippen LogP contribution in [0.4, 0.5) is 14.4 Å². The first kappa shape index (κ1) is 62.0. The monoisotopic (exact) mass is 1030 g/mol. The molecule has 8 rings (SSSR count). The van der Waals surface area contributed by atoms with Crippen LogP contribution in [0.1, 0.15) is 78.9 Å². The van der Waals surface area contributed by atoms with Gasteiger partial charge in [0.15, 0.2) is 6.29 Å². The molecule has 6 aliphatic heterocycles. The molecule has 6 atom stereocenters. The van der Waals surface area contributed by atoms with E-state index >= 15 is 0 Å². The van der Waals surface area contributed by atoms with Gasteiger partial charge in [-0.05, 0) is 123 Å². The topological polar surface area (TPSA) is 181 Å². The average Bonchev–Trinajstić information content (AvgIpc) is 4.22. The highest BCUT2D eigenvalue weighted by Gasteiger charge is 2.43. The first-order chi connectivity index (χ1) is 34.3. The first-order valence-electron chi connectivity index (χ1n) is 26.1. The number of aldehydes is 1. The van der Waals surface area contributed by atoms with E-state index in [0.29, 0.717) is 69.7 Å². The van der Waals surface area contributed by atoms with Crippen molar-refractivity contribution in [3.63, 3.8) is 0 Å². The van der Waals surface area contributed by atoms with Crippen LogP contribution in [0.5, 0.6) is 0 Å². The fourth-order valence-electron chi connectivity index (χ4n) is 9.94. The molecule has 6 saturated heterocycles. The molecule has 406 valence electrons. The number of likely N-dealkylation sites (tertiary alicyclic amines) is 4. The zero-order valence-electron chi connectivity index (χ0n) is 44.4. The van der Waals surface area contributed by atoms with Crippen LogP contribution >= 0.6 is 12.4 Å². The van der Waals surface area contributed by atoms with Crippen LogP contribution < -0.4 is 16.4 Å². The Kier molecular flexibility index (Phi) is 28.8. The van der Waals surface area contributed by atoms with Crippen LogP contribution in [0.25, 0.3) is 0 Å². The molecule has 3 amide bonds. The standard InChI is InChI=1S/C16H22N2O2.C13H18N2.C11H20N2O2.C8H13NO3.C6H15NO2.ClH/c1-2-20-16(19)18-11-14-8-9-17(15(14)12-18)10-13-6-4-3-5-7-13;1-2-4-11(5-3-1)10-15-7-6-12-8-14-9-13(12)15;1-11(2,3)15-10(14)13-6-8-4-5-12-9(8)7-13;1-3-5-9(6-7-10)8(11)12-4-2;1-3-8-6(5-7)9-4-2;/h3-7,14-15H,2,8-12H2,1H3;1-5,12-14H,6-10H2;8-9,12H,4-7H2,1-3H3;3,7H,1,4-6H2,2H3;6H,3-5,7H2,1-2H3;1H. The lowest BCUT2D eigenvalue weighted by Crippen LogP contribution is -2.37. The summed E-state index contributed by atoms with van der Waals surface area (Å²) in [7, 11) is 0. The van der Waals surface area contributed by atoms with Gasteiger partial charge >= 0.3 is 18.3 Å². The number of benzene rings is 2. The van der Waals surface area contributed by atoms with Crippen molar-refractivity contribution >= 4 is 37.0 Å². The fraction of sp³-hybridized carbons (Fsp3) is 0.667. The SMILES string of the molecule is C=CCN(CC=O)C(=O)OCC.CC(C)(C)OC(=O)N1CC2CCNC2C1.CCOC(=O)N1CC2CCN(Cc3ccccc3)C2C1.CCOC(CN)OCC.Cl.c1ccc(CN2CCC3CNCC32)cc1. The van der Waals surface area contributed by atoms with E-state index in [1.807, 2.05) is 57.4 Å². The van der Waals surface area contributed by atoms with E-state index in [1.165, 1.54) is 54.9 Å². The van der Waals surface area contributed by atoms with Gasteiger partial charge in [0.25, 0.3) is 0 Å². The summed E-state index contributed by atoms with van der Waals surface area (Å²) in [6.45, 7) is 30.8. The van der Waals surface area contributed by atoms with Crippen LogP contribution in [0.3, 0.4) is 0 Å². The Labute approximate surface area is 437 Å². The van der Waals surface area contributed by atoms with E-state index in [9.17, 15) is 19.2 Å². The molecule has 0 spiro atoms. The summed E-state index contributed by atoms with van der Waals surface area (Å²) >= 11 is 0. The molecule has 4 N–H and O–H groups in total. The molecular weight excluding hydrogens is 940 g/mol. The molecule has 0 aromatic heterocycles. The molecule has 0 saturated carbocycles. The van der Waals surface area contributed by atoms with E-state index in [2.05, 4.69) is 86.3 Å². The molecule has 17 nitrogen and oxygen atoms in total. The molecular formula is C54H89ClN8O9. The minimum Gasteiger partial charge on any atom is -0.450 e. The Bertz CT molecular complexity index is 1820. The van der Waals surface area contributed by atoms with Crippen LogP contribution in [0.15, 0.2) is 73.3 Å². The number of nitrogens with one attached hydrogen (secondary N) is 2. The highest BCUT2D eigenvalue weighted by molar-refractivity contribution is 5.85. The third-order valence-corrected chi connectivity index (χ3v) is 13.3. The number of nitrogens with two attached hydrogens (primary N) is 1. The quantitative estimate of drug-likeness (QED) is 0.0748. The molecule has 0 aliphatic carbocycles. The van der Waals surface area contributed by atoms with Gasteiger partial charge in [-0.15, -0.1) is 19.0 Å². The fourth-order valence-corrected chi connectivity index (χ4v) is 9.94. The lowest BCUT2D eigenvalue weighted by molar-refractivity contribution is -0.128. The largest absolute Gasteiger partial charge is 0.450 e. The molecule has 6 unspecified atom stereocenters. The van der Waals surface area contributed by atoms with Crippen molar-refractivity contribution < 1.29 is 42.9 Å². The van der Waals surface area contributed by atoms with Crippen molar-refractivity contribution in [2.45, 2.75) is 111 Å². The molecule has 18 heteroatoms. The summed E-state index contributed by atoms with van der Waals surface area (Å²) in [5.74, 6) is 2.16. The zero-order chi connectivity index (χ0) is 51.6.